The summed E-state index contributed by atoms with van der Waals surface area (Å²) in [4.78, 5) is 25.4. The van der Waals surface area contributed by atoms with Crippen LogP contribution in [0, 0.1) is 5.41 Å². The predicted octanol–water partition coefficient (Wildman–Crippen LogP) is 2.72. The Hall–Kier alpha value is -1.62. The van der Waals surface area contributed by atoms with Crippen molar-refractivity contribution in [1.29, 1.82) is 0 Å². The van der Waals surface area contributed by atoms with E-state index in [-0.39, 0.29) is 11.3 Å². The summed E-state index contributed by atoms with van der Waals surface area (Å²) in [5.41, 5.74) is 0.853. The molecule has 1 aliphatic heterocycles. The van der Waals surface area contributed by atoms with E-state index in [0.717, 1.165) is 25.6 Å². The molecule has 2 heterocycles. The molecule has 0 radical (unpaired) electrons. The summed E-state index contributed by atoms with van der Waals surface area (Å²) in [6.45, 7) is 5.83. The molecular weight excluding hydrogens is 262 g/mol. The summed E-state index contributed by atoms with van der Waals surface area (Å²) in [5.74, 6) is -1.00. The SMILES string of the molecule is CC1(C)CCN(C(=O)c2sccc2C=CC(=O)O)C1. The third-order valence-corrected chi connectivity index (χ3v) is 4.18. The van der Waals surface area contributed by atoms with Crippen LogP contribution in [0.2, 0.25) is 0 Å². The third kappa shape index (κ3) is 3.23. The number of likely N-dealkylation sites (tertiary alicyclic amines) is 1. The summed E-state index contributed by atoms with van der Waals surface area (Å²) >= 11 is 1.36. The van der Waals surface area contributed by atoms with Crippen LogP contribution in [0.15, 0.2) is 17.5 Å². The van der Waals surface area contributed by atoms with E-state index in [1.807, 2.05) is 10.3 Å². The van der Waals surface area contributed by atoms with Crippen LogP contribution < -0.4 is 0 Å². The molecule has 1 saturated heterocycles. The molecule has 0 aliphatic carbocycles. The lowest BCUT2D eigenvalue weighted by molar-refractivity contribution is -0.131. The van der Waals surface area contributed by atoms with Gasteiger partial charge in [-0.3, -0.25) is 4.79 Å². The van der Waals surface area contributed by atoms with Crippen LogP contribution in [0.3, 0.4) is 0 Å². The molecule has 5 heteroatoms. The van der Waals surface area contributed by atoms with Crippen LogP contribution in [0.5, 0.6) is 0 Å². The molecule has 1 aliphatic rings. The Bertz CT molecular complexity index is 531. The van der Waals surface area contributed by atoms with Crippen molar-refractivity contribution in [2.75, 3.05) is 13.1 Å². The summed E-state index contributed by atoms with van der Waals surface area (Å²) < 4.78 is 0. The van der Waals surface area contributed by atoms with Gasteiger partial charge in [0.1, 0.15) is 0 Å². The fourth-order valence-electron chi connectivity index (χ4n) is 2.21. The molecule has 2 rings (SSSR count). The number of hydrogen-bond donors (Lipinski definition) is 1. The highest BCUT2D eigenvalue weighted by molar-refractivity contribution is 7.12. The molecule has 0 aromatic carbocycles. The highest BCUT2D eigenvalue weighted by atomic mass is 32.1. The monoisotopic (exact) mass is 279 g/mol. The van der Waals surface area contributed by atoms with Crippen molar-refractivity contribution in [3.05, 3.63) is 28.0 Å². The minimum absolute atomic E-state index is 0.00520. The van der Waals surface area contributed by atoms with Gasteiger partial charge in [0.25, 0.3) is 5.91 Å². The van der Waals surface area contributed by atoms with Crippen LogP contribution in [0.1, 0.15) is 35.5 Å². The van der Waals surface area contributed by atoms with Crippen LogP contribution in [-0.4, -0.2) is 35.0 Å². The van der Waals surface area contributed by atoms with Gasteiger partial charge in [0.15, 0.2) is 0 Å². The number of thiophene rings is 1. The molecular formula is C14H17NO3S. The molecule has 1 aromatic rings. The van der Waals surface area contributed by atoms with E-state index in [1.165, 1.54) is 17.4 Å². The van der Waals surface area contributed by atoms with Gasteiger partial charge in [0, 0.05) is 19.2 Å². The van der Waals surface area contributed by atoms with Gasteiger partial charge in [0.2, 0.25) is 0 Å². The summed E-state index contributed by atoms with van der Waals surface area (Å²) in [6, 6.07) is 1.78. The number of nitrogens with zero attached hydrogens (tertiary/aromatic N) is 1. The second kappa shape index (κ2) is 5.17. The fraction of sp³-hybridized carbons (Fsp3) is 0.429. The van der Waals surface area contributed by atoms with E-state index in [0.29, 0.717) is 10.4 Å². The van der Waals surface area contributed by atoms with Crippen molar-refractivity contribution in [1.82, 2.24) is 4.90 Å². The highest BCUT2D eigenvalue weighted by Crippen LogP contribution is 2.31. The maximum atomic E-state index is 12.4. The van der Waals surface area contributed by atoms with Gasteiger partial charge in [-0.15, -0.1) is 11.3 Å². The average Bonchev–Trinajstić information content (AvgIpc) is 2.91. The van der Waals surface area contributed by atoms with E-state index < -0.39 is 5.97 Å². The van der Waals surface area contributed by atoms with E-state index in [4.69, 9.17) is 5.11 Å². The minimum Gasteiger partial charge on any atom is -0.478 e. The van der Waals surface area contributed by atoms with Crippen molar-refractivity contribution in [3.63, 3.8) is 0 Å². The van der Waals surface area contributed by atoms with Crippen LogP contribution in [0.25, 0.3) is 6.08 Å². The van der Waals surface area contributed by atoms with Gasteiger partial charge in [0.05, 0.1) is 4.88 Å². The number of hydrogen-bond acceptors (Lipinski definition) is 3. The predicted molar refractivity (Wildman–Crippen MR) is 75.3 cm³/mol. The van der Waals surface area contributed by atoms with Crippen LogP contribution >= 0.6 is 11.3 Å². The quantitative estimate of drug-likeness (QED) is 0.865. The lowest BCUT2D eigenvalue weighted by atomic mass is 9.93. The first-order valence-corrected chi connectivity index (χ1v) is 7.05. The lowest BCUT2D eigenvalue weighted by Gasteiger charge is -2.19. The van der Waals surface area contributed by atoms with E-state index in [9.17, 15) is 9.59 Å². The molecule has 1 aromatic heterocycles. The Morgan fingerprint density at radius 1 is 1.47 bits per heavy atom. The van der Waals surface area contributed by atoms with E-state index >= 15 is 0 Å². The second-order valence-corrected chi connectivity index (χ2v) is 6.43. The zero-order valence-corrected chi connectivity index (χ0v) is 11.9. The second-order valence-electron chi connectivity index (χ2n) is 5.52. The van der Waals surface area contributed by atoms with Gasteiger partial charge in [-0.25, -0.2) is 4.79 Å². The smallest absolute Gasteiger partial charge is 0.328 e. The standard InChI is InChI=1S/C14H17NO3S/c1-14(2)6-7-15(9-14)13(18)12-10(5-8-19-12)3-4-11(16)17/h3-5,8H,6-7,9H2,1-2H3,(H,16,17). The van der Waals surface area contributed by atoms with Crippen LogP contribution in [0.4, 0.5) is 0 Å². The summed E-state index contributed by atoms with van der Waals surface area (Å²) in [5, 5.41) is 10.5. The third-order valence-electron chi connectivity index (χ3n) is 3.26. The van der Waals surface area contributed by atoms with Gasteiger partial charge in [-0.2, -0.15) is 0 Å². The van der Waals surface area contributed by atoms with Gasteiger partial charge < -0.3 is 10.0 Å². The Balaban J connectivity index is 2.17. The summed E-state index contributed by atoms with van der Waals surface area (Å²) in [7, 11) is 0. The number of carbonyl (C=O) groups excluding carboxylic acids is 1. The maximum Gasteiger partial charge on any atom is 0.328 e. The largest absolute Gasteiger partial charge is 0.478 e. The number of amides is 1. The molecule has 1 N–H and O–H groups in total. The Morgan fingerprint density at radius 3 is 2.79 bits per heavy atom. The topological polar surface area (TPSA) is 57.6 Å². The normalized spacial score (nSPS) is 18.1. The first-order valence-electron chi connectivity index (χ1n) is 6.17. The van der Waals surface area contributed by atoms with Crippen molar-refractivity contribution < 1.29 is 14.7 Å². The van der Waals surface area contributed by atoms with Crippen molar-refractivity contribution in [3.8, 4) is 0 Å². The van der Waals surface area contributed by atoms with E-state index in [2.05, 4.69) is 13.8 Å². The maximum absolute atomic E-state index is 12.4. The minimum atomic E-state index is -1.01. The summed E-state index contributed by atoms with van der Waals surface area (Å²) in [6.07, 6.45) is 3.55. The average molecular weight is 279 g/mol. The molecule has 0 saturated carbocycles. The number of aliphatic carboxylic acids is 1. The zero-order chi connectivity index (χ0) is 14.0. The molecule has 0 atom stereocenters. The zero-order valence-electron chi connectivity index (χ0n) is 11.0. The number of rotatable bonds is 3. The van der Waals surface area contributed by atoms with Gasteiger partial charge in [-0.05, 0) is 34.9 Å². The Morgan fingerprint density at radius 2 is 2.21 bits per heavy atom. The Kier molecular flexibility index (Phi) is 3.75. The number of carboxylic acids is 1. The molecule has 1 fully saturated rings. The first kappa shape index (κ1) is 13.8. The lowest BCUT2D eigenvalue weighted by Crippen LogP contribution is -2.30. The highest BCUT2D eigenvalue weighted by Gasteiger charge is 2.33. The van der Waals surface area contributed by atoms with E-state index in [1.54, 1.807) is 6.07 Å². The van der Waals surface area contributed by atoms with Crippen molar-refractivity contribution in [2.45, 2.75) is 20.3 Å². The molecule has 0 unspecified atom stereocenters. The van der Waals surface area contributed by atoms with Crippen LogP contribution in [-0.2, 0) is 4.79 Å². The molecule has 0 bridgehead atoms. The molecule has 0 spiro atoms. The molecule has 19 heavy (non-hydrogen) atoms. The molecule has 4 nitrogen and oxygen atoms in total. The van der Waals surface area contributed by atoms with Crippen molar-refractivity contribution in [2.24, 2.45) is 5.41 Å². The number of carboxylic acid groups (broad SMARTS) is 1. The van der Waals surface area contributed by atoms with Gasteiger partial charge >= 0.3 is 5.97 Å². The first-order chi connectivity index (χ1) is 8.89. The molecule has 1 amide bonds. The fourth-order valence-corrected chi connectivity index (χ4v) is 3.07. The van der Waals surface area contributed by atoms with Gasteiger partial charge in [-0.1, -0.05) is 13.8 Å². The molecule has 102 valence electrons. The number of carbonyl (C=O) groups is 2. The Labute approximate surface area is 116 Å². The van der Waals surface area contributed by atoms with Crippen molar-refractivity contribution >= 4 is 29.3 Å².